The highest BCUT2D eigenvalue weighted by Crippen LogP contribution is 2.21. The van der Waals surface area contributed by atoms with Crippen LogP contribution in [0.25, 0.3) is 0 Å². The second-order valence-electron chi connectivity index (χ2n) is 5.27. The minimum atomic E-state index is 0.434. The molecule has 104 valence electrons. The van der Waals surface area contributed by atoms with Gasteiger partial charge in [-0.25, -0.2) is 0 Å². The number of hydrogen-bond acceptors (Lipinski definition) is 4. The van der Waals surface area contributed by atoms with E-state index in [1.165, 1.54) is 30.8 Å². The van der Waals surface area contributed by atoms with Gasteiger partial charge in [-0.1, -0.05) is 11.8 Å². The van der Waals surface area contributed by atoms with E-state index in [1.807, 2.05) is 0 Å². The molecule has 0 spiro atoms. The zero-order valence-corrected chi connectivity index (χ0v) is 12.7. The van der Waals surface area contributed by atoms with Crippen molar-refractivity contribution in [3.63, 3.8) is 0 Å². The molecule has 2 N–H and O–H groups in total. The van der Waals surface area contributed by atoms with Gasteiger partial charge in [0.25, 0.3) is 0 Å². The molecule has 1 aliphatic heterocycles. The molecule has 0 bridgehead atoms. The summed E-state index contributed by atoms with van der Waals surface area (Å²) in [7, 11) is 4.36. The van der Waals surface area contributed by atoms with E-state index in [0.717, 1.165) is 11.4 Å². The molecule has 1 aromatic heterocycles. The Morgan fingerprint density at radius 1 is 1.47 bits per heavy atom. The summed E-state index contributed by atoms with van der Waals surface area (Å²) in [5.41, 5.74) is 5.39. The predicted octanol–water partition coefficient (Wildman–Crippen LogP) is 1.58. The Kier molecular flexibility index (Phi) is 5.41. The van der Waals surface area contributed by atoms with Gasteiger partial charge >= 0.3 is 0 Å². The van der Waals surface area contributed by atoms with Gasteiger partial charge in [-0.2, -0.15) is 0 Å². The zero-order chi connectivity index (χ0) is 13.7. The fraction of sp³-hybridized carbons (Fsp3) is 0.600. The van der Waals surface area contributed by atoms with Crippen LogP contribution in [0.5, 0.6) is 0 Å². The van der Waals surface area contributed by atoms with Gasteiger partial charge in [-0.15, -0.1) is 11.3 Å². The molecule has 1 atom stereocenters. The van der Waals surface area contributed by atoms with Crippen molar-refractivity contribution in [2.45, 2.75) is 25.4 Å². The Bertz CT molecular complexity index is 455. The standard InChI is InChI=1S/C15H23N3S/c1-17(2)13-5-4-10-18(11-13)12-15-8-7-14(19-15)6-3-9-16/h7-8,13H,4-5,9-12,16H2,1-2H3. The topological polar surface area (TPSA) is 32.5 Å². The van der Waals surface area contributed by atoms with Crippen LogP contribution in [0.4, 0.5) is 0 Å². The molecule has 2 heterocycles. The molecule has 1 aliphatic rings. The molecule has 0 saturated carbocycles. The van der Waals surface area contributed by atoms with Gasteiger partial charge in [0, 0.05) is 24.0 Å². The molecule has 3 nitrogen and oxygen atoms in total. The number of likely N-dealkylation sites (tertiary alicyclic amines) is 1. The Morgan fingerprint density at radius 2 is 2.32 bits per heavy atom. The van der Waals surface area contributed by atoms with Crippen molar-refractivity contribution < 1.29 is 0 Å². The lowest BCUT2D eigenvalue weighted by Crippen LogP contribution is -2.44. The Balaban J connectivity index is 1.91. The minimum absolute atomic E-state index is 0.434. The summed E-state index contributed by atoms with van der Waals surface area (Å²) in [6.07, 6.45) is 2.62. The minimum Gasteiger partial charge on any atom is -0.320 e. The smallest absolute Gasteiger partial charge is 0.0772 e. The van der Waals surface area contributed by atoms with E-state index in [2.05, 4.69) is 47.9 Å². The number of rotatable bonds is 3. The van der Waals surface area contributed by atoms with Crippen LogP contribution in [0.3, 0.4) is 0 Å². The summed E-state index contributed by atoms with van der Waals surface area (Å²) in [4.78, 5) is 7.43. The van der Waals surface area contributed by atoms with Gasteiger partial charge in [0.1, 0.15) is 0 Å². The highest BCUT2D eigenvalue weighted by Gasteiger charge is 2.21. The molecular weight excluding hydrogens is 254 g/mol. The molecule has 4 heteroatoms. The molecule has 19 heavy (non-hydrogen) atoms. The first-order valence-corrected chi connectivity index (χ1v) is 7.67. The van der Waals surface area contributed by atoms with Crippen molar-refractivity contribution in [3.05, 3.63) is 21.9 Å². The van der Waals surface area contributed by atoms with Crippen LogP contribution in [0.2, 0.25) is 0 Å². The number of likely N-dealkylation sites (N-methyl/N-ethyl adjacent to an activating group) is 1. The Hall–Kier alpha value is -0.860. The van der Waals surface area contributed by atoms with Crippen LogP contribution in [0.15, 0.2) is 12.1 Å². The molecule has 1 saturated heterocycles. The number of thiophene rings is 1. The van der Waals surface area contributed by atoms with Crippen molar-refractivity contribution in [3.8, 4) is 11.8 Å². The van der Waals surface area contributed by atoms with Crippen molar-refractivity contribution in [2.75, 3.05) is 33.7 Å². The van der Waals surface area contributed by atoms with Gasteiger partial charge in [-0.3, -0.25) is 4.90 Å². The molecule has 1 aromatic rings. The molecule has 1 fully saturated rings. The SMILES string of the molecule is CN(C)C1CCCN(Cc2ccc(C#CCN)s2)C1. The van der Waals surface area contributed by atoms with Crippen molar-refractivity contribution in [1.82, 2.24) is 9.80 Å². The van der Waals surface area contributed by atoms with E-state index in [-0.39, 0.29) is 0 Å². The second kappa shape index (κ2) is 7.06. The lowest BCUT2D eigenvalue weighted by atomic mass is 10.1. The maximum Gasteiger partial charge on any atom is 0.0772 e. The highest BCUT2D eigenvalue weighted by molar-refractivity contribution is 7.12. The fourth-order valence-electron chi connectivity index (χ4n) is 2.48. The van der Waals surface area contributed by atoms with Gasteiger partial charge < -0.3 is 10.6 Å². The van der Waals surface area contributed by atoms with Crippen molar-refractivity contribution in [2.24, 2.45) is 5.73 Å². The first-order valence-electron chi connectivity index (χ1n) is 6.85. The van der Waals surface area contributed by atoms with Crippen LogP contribution in [-0.2, 0) is 6.54 Å². The van der Waals surface area contributed by atoms with Crippen LogP contribution in [0.1, 0.15) is 22.6 Å². The maximum atomic E-state index is 5.39. The average molecular weight is 277 g/mol. The van der Waals surface area contributed by atoms with E-state index in [4.69, 9.17) is 5.73 Å². The summed E-state index contributed by atoms with van der Waals surface area (Å²) in [5.74, 6) is 6.02. The average Bonchev–Trinajstić information content (AvgIpc) is 2.84. The zero-order valence-electron chi connectivity index (χ0n) is 11.9. The van der Waals surface area contributed by atoms with E-state index in [1.54, 1.807) is 11.3 Å². The predicted molar refractivity (Wildman–Crippen MR) is 82.2 cm³/mol. The normalized spacial score (nSPS) is 20.3. The third-order valence-corrected chi connectivity index (χ3v) is 4.55. The number of nitrogens with zero attached hydrogens (tertiary/aromatic N) is 2. The summed E-state index contributed by atoms with van der Waals surface area (Å²) < 4.78 is 0. The van der Waals surface area contributed by atoms with Crippen LogP contribution in [-0.4, -0.2) is 49.6 Å². The van der Waals surface area contributed by atoms with Gasteiger partial charge in [0.2, 0.25) is 0 Å². The van der Waals surface area contributed by atoms with Crippen LogP contribution >= 0.6 is 11.3 Å². The second-order valence-corrected chi connectivity index (χ2v) is 6.43. The van der Waals surface area contributed by atoms with Gasteiger partial charge in [0.15, 0.2) is 0 Å². The van der Waals surface area contributed by atoms with E-state index < -0.39 is 0 Å². The first-order chi connectivity index (χ1) is 9.19. The third kappa shape index (κ3) is 4.32. The lowest BCUT2D eigenvalue weighted by molar-refractivity contribution is 0.129. The molecule has 1 unspecified atom stereocenters. The van der Waals surface area contributed by atoms with Crippen LogP contribution < -0.4 is 5.73 Å². The van der Waals surface area contributed by atoms with E-state index >= 15 is 0 Å². The molecule has 0 radical (unpaired) electrons. The Labute approximate surface area is 120 Å². The van der Waals surface area contributed by atoms with E-state index in [0.29, 0.717) is 12.6 Å². The summed E-state index contributed by atoms with van der Waals surface area (Å²) in [6.45, 7) is 3.88. The third-order valence-electron chi connectivity index (χ3n) is 3.57. The van der Waals surface area contributed by atoms with Gasteiger partial charge in [-0.05, 0) is 45.6 Å². The quantitative estimate of drug-likeness (QED) is 0.852. The molecule has 2 rings (SSSR count). The monoisotopic (exact) mass is 277 g/mol. The maximum absolute atomic E-state index is 5.39. The number of hydrogen-bond donors (Lipinski definition) is 1. The Morgan fingerprint density at radius 3 is 3.05 bits per heavy atom. The van der Waals surface area contributed by atoms with E-state index in [9.17, 15) is 0 Å². The van der Waals surface area contributed by atoms with Gasteiger partial charge in [0.05, 0.1) is 11.4 Å². The molecule has 0 amide bonds. The largest absolute Gasteiger partial charge is 0.320 e. The van der Waals surface area contributed by atoms with Crippen LogP contribution in [0, 0.1) is 11.8 Å². The molecule has 0 aromatic carbocycles. The highest BCUT2D eigenvalue weighted by atomic mass is 32.1. The summed E-state index contributed by atoms with van der Waals surface area (Å²) in [5, 5.41) is 0. The fourth-order valence-corrected chi connectivity index (χ4v) is 3.41. The summed E-state index contributed by atoms with van der Waals surface area (Å²) >= 11 is 1.79. The molecular formula is C15H23N3S. The first kappa shape index (κ1) is 14.5. The summed E-state index contributed by atoms with van der Waals surface area (Å²) in [6, 6.07) is 5.01. The number of nitrogens with two attached hydrogens (primary N) is 1. The molecule has 0 aliphatic carbocycles. The number of piperidine rings is 1. The lowest BCUT2D eigenvalue weighted by Gasteiger charge is -2.35. The van der Waals surface area contributed by atoms with Crippen molar-refractivity contribution >= 4 is 11.3 Å². The van der Waals surface area contributed by atoms with Crippen molar-refractivity contribution in [1.29, 1.82) is 0 Å².